The zero-order valence-electron chi connectivity index (χ0n) is 9.59. The number of nitriles is 1. The Morgan fingerprint density at radius 3 is 3.00 bits per heavy atom. The zero-order chi connectivity index (χ0) is 12.1. The third-order valence-corrected chi connectivity index (χ3v) is 2.49. The third-order valence-electron chi connectivity index (χ3n) is 2.49. The van der Waals surface area contributed by atoms with E-state index in [1.165, 1.54) is 0 Å². The summed E-state index contributed by atoms with van der Waals surface area (Å²) in [5.74, 6) is 1.64. The molecule has 0 aliphatic carbocycles. The van der Waals surface area contributed by atoms with E-state index in [2.05, 4.69) is 21.4 Å². The predicted molar refractivity (Wildman–Crippen MR) is 64.4 cm³/mol. The number of nitrogens with one attached hydrogen (secondary N) is 1. The number of pyridine rings is 1. The Morgan fingerprint density at radius 1 is 1.41 bits per heavy atom. The highest BCUT2D eigenvalue weighted by Crippen LogP contribution is 2.09. The molecule has 0 spiro atoms. The molecule has 2 aromatic rings. The zero-order valence-corrected chi connectivity index (χ0v) is 9.59. The van der Waals surface area contributed by atoms with Crippen LogP contribution in [0.5, 0.6) is 0 Å². The molecular weight excluding hydrogens is 214 g/mol. The van der Waals surface area contributed by atoms with E-state index in [1.807, 2.05) is 17.8 Å². The number of hydrogen-bond acceptors (Lipinski definition) is 4. The van der Waals surface area contributed by atoms with Gasteiger partial charge in [-0.2, -0.15) is 5.26 Å². The second-order valence-corrected chi connectivity index (χ2v) is 3.64. The number of aryl methyl sites for hydroxylation is 1. The Morgan fingerprint density at radius 2 is 2.29 bits per heavy atom. The van der Waals surface area contributed by atoms with Crippen LogP contribution in [0.4, 0.5) is 5.82 Å². The van der Waals surface area contributed by atoms with Crippen LogP contribution in [0.2, 0.25) is 0 Å². The van der Waals surface area contributed by atoms with E-state index in [9.17, 15) is 0 Å². The topological polar surface area (TPSA) is 66.5 Å². The molecule has 0 aliphatic rings. The van der Waals surface area contributed by atoms with Gasteiger partial charge in [-0.05, 0) is 12.1 Å². The largest absolute Gasteiger partial charge is 0.369 e. The van der Waals surface area contributed by atoms with Crippen LogP contribution in [0, 0.1) is 11.3 Å². The lowest BCUT2D eigenvalue weighted by Gasteiger charge is -2.06. The van der Waals surface area contributed by atoms with Crippen LogP contribution < -0.4 is 5.32 Å². The van der Waals surface area contributed by atoms with E-state index in [0.29, 0.717) is 17.9 Å². The first-order valence-corrected chi connectivity index (χ1v) is 5.36. The van der Waals surface area contributed by atoms with Crippen LogP contribution >= 0.6 is 0 Å². The van der Waals surface area contributed by atoms with Crippen LogP contribution in [0.3, 0.4) is 0 Å². The van der Waals surface area contributed by atoms with E-state index < -0.39 is 0 Å². The maximum absolute atomic E-state index is 8.90. The van der Waals surface area contributed by atoms with Gasteiger partial charge in [0.1, 0.15) is 17.7 Å². The number of hydrogen-bond donors (Lipinski definition) is 1. The van der Waals surface area contributed by atoms with Crippen molar-refractivity contribution in [2.24, 2.45) is 7.05 Å². The number of nitrogens with zero attached hydrogens (tertiary/aromatic N) is 4. The van der Waals surface area contributed by atoms with Gasteiger partial charge in [0, 0.05) is 38.6 Å². The highest BCUT2D eigenvalue weighted by atomic mass is 15.0. The average molecular weight is 227 g/mol. The second kappa shape index (κ2) is 5.12. The molecule has 5 heteroatoms. The Kier molecular flexibility index (Phi) is 3.36. The Hall–Kier alpha value is -2.35. The molecule has 0 atom stereocenters. The summed E-state index contributed by atoms with van der Waals surface area (Å²) in [4.78, 5) is 8.36. The second-order valence-electron chi connectivity index (χ2n) is 3.64. The van der Waals surface area contributed by atoms with Crippen molar-refractivity contribution in [3.05, 3.63) is 42.1 Å². The maximum atomic E-state index is 8.90. The SMILES string of the molecule is Cn1ccnc1CCNc1ncccc1C#N. The molecule has 0 saturated heterocycles. The Balaban J connectivity index is 1.95. The van der Waals surface area contributed by atoms with Crippen LogP contribution in [0.25, 0.3) is 0 Å². The molecule has 2 heterocycles. The van der Waals surface area contributed by atoms with Crippen molar-refractivity contribution >= 4 is 5.82 Å². The Labute approximate surface area is 99.7 Å². The van der Waals surface area contributed by atoms with Gasteiger partial charge in [-0.25, -0.2) is 9.97 Å². The monoisotopic (exact) mass is 227 g/mol. The van der Waals surface area contributed by atoms with E-state index in [-0.39, 0.29) is 0 Å². The normalized spacial score (nSPS) is 9.88. The van der Waals surface area contributed by atoms with E-state index >= 15 is 0 Å². The van der Waals surface area contributed by atoms with Gasteiger partial charge in [0.05, 0.1) is 5.56 Å². The molecule has 0 aliphatic heterocycles. The number of rotatable bonds is 4. The van der Waals surface area contributed by atoms with Gasteiger partial charge in [-0.3, -0.25) is 0 Å². The summed E-state index contributed by atoms with van der Waals surface area (Å²) in [6.45, 7) is 0.705. The Bertz CT molecular complexity index is 538. The molecular formula is C12H13N5. The van der Waals surface area contributed by atoms with Crippen molar-refractivity contribution in [1.29, 1.82) is 5.26 Å². The van der Waals surface area contributed by atoms with Crippen molar-refractivity contribution in [2.45, 2.75) is 6.42 Å². The summed E-state index contributed by atoms with van der Waals surface area (Å²) in [5.41, 5.74) is 0.562. The molecule has 1 N–H and O–H groups in total. The fraction of sp³-hybridized carbons (Fsp3) is 0.250. The van der Waals surface area contributed by atoms with E-state index in [4.69, 9.17) is 5.26 Å². The highest BCUT2D eigenvalue weighted by Gasteiger charge is 2.02. The summed E-state index contributed by atoms with van der Waals surface area (Å²) in [5, 5.41) is 12.0. The molecule has 2 rings (SSSR count). The number of aromatic nitrogens is 3. The summed E-state index contributed by atoms with van der Waals surface area (Å²) in [7, 11) is 1.96. The van der Waals surface area contributed by atoms with Crippen molar-refractivity contribution in [1.82, 2.24) is 14.5 Å². The molecule has 5 nitrogen and oxygen atoms in total. The first kappa shape index (κ1) is 11.1. The minimum atomic E-state index is 0.562. The summed E-state index contributed by atoms with van der Waals surface area (Å²) in [6.07, 6.45) is 6.16. The highest BCUT2D eigenvalue weighted by molar-refractivity contribution is 5.51. The van der Waals surface area contributed by atoms with E-state index in [0.717, 1.165) is 12.2 Å². The van der Waals surface area contributed by atoms with Gasteiger partial charge >= 0.3 is 0 Å². The third kappa shape index (κ3) is 2.61. The lowest BCUT2D eigenvalue weighted by Crippen LogP contribution is -2.10. The van der Waals surface area contributed by atoms with Gasteiger partial charge < -0.3 is 9.88 Å². The predicted octanol–water partition coefficient (Wildman–Crippen LogP) is 1.34. The van der Waals surface area contributed by atoms with Crippen molar-refractivity contribution < 1.29 is 0 Å². The standard InChI is InChI=1S/C12H13N5/c1-17-8-7-14-11(17)4-6-16-12-10(9-13)3-2-5-15-12/h2-3,5,7-8H,4,6H2,1H3,(H,15,16). The maximum Gasteiger partial charge on any atom is 0.143 e. The molecule has 0 bridgehead atoms. The van der Waals surface area contributed by atoms with Crippen molar-refractivity contribution in [3.63, 3.8) is 0 Å². The van der Waals surface area contributed by atoms with Gasteiger partial charge in [-0.1, -0.05) is 0 Å². The molecule has 0 unspecified atom stereocenters. The lowest BCUT2D eigenvalue weighted by atomic mass is 10.3. The van der Waals surface area contributed by atoms with Crippen LogP contribution in [-0.2, 0) is 13.5 Å². The summed E-state index contributed by atoms with van der Waals surface area (Å²) in [6, 6.07) is 5.60. The first-order valence-electron chi connectivity index (χ1n) is 5.36. The molecule has 0 fully saturated rings. The number of imidazole rings is 1. The molecule has 0 radical (unpaired) electrons. The fourth-order valence-electron chi connectivity index (χ4n) is 1.57. The van der Waals surface area contributed by atoms with Crippen LogP contribution in [0.1, 0.15) is 11.4 Å². The average Bonchev–Trinajstić information content (AvgIpc) is 2.76. The van der Waals surface area contributed by atoms with Crippen molar-refractivity contribution in [2.75, 3.05) is 11.9 Å². The van der Waals surface area contributed by atoms with Gasteiger partial charge in [-0.15, -0.1) is 0 Å². The molecule has 0 saturated carbocycles. The summed E-state index contributed by atoms with van der Waals surface area (Å²) >= 11 is 0. The molecule has 86 valence electrons. The molecule has 0 amide bonds. The molecule has 17 heavy (non-hydrogen) atoms. The van der Waals surface area contributed by atoms with Gasteiger partial charge in [0.25, 0.3) is 0 Å². The minimum absolute atomic E-state index is 0.562. The van der Waals surface area contributed by atoms with E-state index in [1.54, 1.807) is 24.5 Å². The summed E-state index contributed by atoms with van der Waals surface area (Å²) < 4.78 is 1.98. The number of anilines is 1. The van der Waals surface area contributed by atoms with Gasteiger partial charge in [0.2, 0.25) is 0 Å². The van der Waals surface area contributed by atoms with Crippen LogP contribution in [0.15, 0.2) is 30.7 Å². The van der Waals surface area contributed by atoms with Crippen molar-refractivity contribution in [3.8, 4) is 6.07 Å². The van der Waals surface area contributed by atoms with Crippen LogP contribution in [-0.4, -0.2) is 21.1 Å². The first-order chi connectivity index (χ1) is 8.31. The molecule has 2 aromatic heterocycles. The smallest absolute Gasteiger partial charge is 0.143 e. The molecule has 0 aromatic carbocycles. The lowest BCUT2D eigenvalue weighted by molar-refractivity contribution is 0.788. The minimum Gasteiger partial charge on any atom is -0.369 e. The van der Waals surface area contributed by atoms with Gasteiger partial charge in [0.15, 0.2) is 0 Å². The fourth-order valence-corrected chi connectivity index (χ4v) is 1.57. The quantitative estimate of drug-likeness (QED) is 0.856.